The fraction of sp³-hybridized carbons (Fsp3) is 0.464. The number of hydrogen-bond acceptors (Lipinski definition) is 5. The van der Waals surface area contributed by atoms with E-state index < -0.39 is 6.10 Å². The van der Waals surface area contributed by atoms with E-state index in [0.717, 1.165) is 46.0 Å². The van der Waals surface area contributed by atoms with E-state index in [-0.39, 0.29) is 12.0 Å². The molecule has 1 fully saturated rings. The van der Waals surface area contributed by atoms with Gasteiger partial charge in [0.25, 0.3) is 5.91 Å². The largest absolute Gasteiger partial charge is 0.388 e. The van der Waals surface area contributed by atoms with Crippen molar-refractivity contribution in [2.45, 2.75) is 79.9 Å². The van der Waals surface area contributed by atoms with Crippen LogP contribution < -0.4 is 5.32 Å². The Labute approximate surface area is 203 Å². The zero-order valence-electron chi connectivity index (χ0n) is 21.6. The predicted molar refractivity (Wildman–Crippen MR) is 141 cm³/mol. The fourth-order valence-electron chi connectivity index (χ4n) is 3.72. The third-order valence-corrected chi connectivity index (χ3v) is 5.98. The molecule has 184 valence electrons. The zero-order valence-corrected chi connectivity index (χ0v) is 21.6. The van der Waals surface area contributed by atoms with Gasteiger partial charge in [0.15, 0.2) is 0 Å². The molecule has 2 aromatic heterocycles. The van der Waals surface area contributed by atoms with Gasteiger partial charge >= 0.3 is 0 Å². The monoisotopic (exact) mass is 465 g/mol. The summed E-state index contributed by atoms with van der Waals surface area (Å²) >= 11 is 0. The number of allylic oxidation sites excluding steroid dienone is 4. The highest BCUT2D eigenvalue weighted by Crippen LogP contribution is 2.28. The summed E-state index contributed by atoms with van der Waals surface area (Å²) in [6, 6.07) is 3.83. The van der Waals surface area contributed by atoms with Crippen LogP contribution in [0, 0.1) is 0 Å². The maximum Gasteiger partial charge on any atom is 0.254 e. The minimum absolute atomic E-state index is 0.162. The summed E-state index contributed by atoms with van der Waals surface area (Å²) in [6.07, 6.45) is 9.13. The lowest BCUT2D eigenvalue weighted by Crippen LogP contribution is -2.39. The number of ether oxygens (including phenoxy) is 1. The standard InChI is InChI=1S/C26H33N3O3.C2H6/c1-6-16(4)21(23(30)8-3)11-17(5)20(7-2)22-12-18-15-28-25(13-19(18)14-27-22)29-26(31)24-9-10-32-24;1-2/h7,11-15,23-24,30H,6,8-10H2,1-5H3,(H,28,29,31);1-2H3/b17-11-,20-7+,21-16-;. The highest BCUT2D eigenvalue weighted by Gasteiger charge is 2.26. The summed E-state index contributed by atoms with van der Waals surface area (Å²) in [5.41, 5.74) is 5.06. The third kappa shape index (κ3) is 6.61. The molecule has 0 saturated carbocycles. The van der Waals surface area contributed by atoms with Crippen molar-refractivity contribution in [1.29, 1.82) is 0 Å². The number of aliphatic hydroxyl groups excluding tert-OH is 1. The van der Waals surface area contributed by atoms with Gasteiger partial charge in [-0.2, -0.15) is 0 Å². The van der Waals surface area contributed by atoms with Crippen LogP contribution in [0.25, 0.3) is 16.3 Å². The number of rotatable bonds is 8. The molecular weight excluding hydrogens is 426 g/mol. The molecule has 2 unspecified atom stereocenters. The third-order valence-electron chi connectivity index (χ3n) is 5.98. The Kier molecular flexibility index (Phi) is 10.6. The number of nitrogens with zero attached hydrogens (tertiary/aromatic N) is 2. The summed E-state index contributed by atoms with van der Waals surface area (Å²) in [7, 11) is 0. The molecule has 2 atom stereocenters. The van der Waals surface area contributed by atoms with Gasteiger partial charge in [0.05, 0.1) is 18.4 Å². The molecule has 34 heavy (non-hydrogen) atoms. The van der Waals surface area contributed by atoms with E-state index in [1.54, 1.807) is 12.4 Å². The van der Waals surface area contributed by atoms with E-state index in [4.69, 9.17) is 4.74 Å². The Bertz CT molecular complexity index is 1080. The summed E-state index contributed by atoms with van der Waals surface area (Å²) in [4.78, 5) is 21.1. The molecule has 2 N–H and O–H groups in total. The number of anilines is 1. The van der Waals surface area contributed by atoms with Crippen molar-refractivity contribution in [1.82, 2.24) is 9.97 Å². The lowest BCUT2D eigenvalue weighted by Gasteiger charge is -2.24. The molecular formula is C28H39N3O3. The lowest BCUT2D eigenvalue weighted by atomic mass is 9.94. The van der Waals surface area contributed by atoms with Gasteiger partial charge in [0.2, 0.25) is 0 Å². The van der Waals surface area contributed by atoms with Crippen LogP contribution in [-0.4, -0.2) is 39.8 Å². The maximum absolute atomic E-state index is 12.1. The SMILES string of the molecule is CC.C\C=C(/C(C)=C\C(=C(/C)CC)C(O)CC)c1cc2cnc(NC(=O)C3CCO3)cc2cn1. The summed E-state index contributed by atoms with van der Waals surface area (Å²) in [5, 5.41) is 15.1. The highest BCUT2D eigenvalue weighted by molar-refractivity contribution is 5.96. The fourth-order valence-corrected chi connectivity index (χ4v) is 3.72. The first-order valence-corrected chi connectivity index (χ1v) is 12.3. The van der Waals surface area contributed by atoms with Gasteiger partial charge in [-0.05, 0) is 62.5 Å². The molecule has 0 radical (unpaired) electrons. The number of nitrogens with one attached hydrogen (secondary N) is 1. The lowest BCUT2D eigenvalue weighted by molar-refractivity contribution is -0.139. The summed E-state index contributed by atoms with van der Waals surface area (Å²) in [5.74, 6) is 0.332. The molecule has 3 heterocycles. The highest BCUT2D eigenvalue weighted by atomic mass is 16.5. The molecule has 2 aromatic rings. The van der Waals surface area contributed by atoms with Gasteiger partial charge in [0, 0.05) is 29.6 Å². The average molecular weight is 466 g/mol. The van der Waals surface area contributed by atoms with Crippen LogP contribution in [0.1, 0.15) is 73.4 Å². The van der Waals surface area contributed by atoms with Gasteiger partial charge in [-0.15, -0.1) is 0 Å². The minimum atomic E-state index is -0.476. The minimum Gasteiger partial charge on any atom is -0.388 e. The average Bonchev–Trinajstić information content (AvgIpc) is 2.82. The van der Waals surface area contributed by atoms with Crippen molar-refractivity contribution in [2.24, 2.45) is 0 Å². The number of aromatic nitrogens is 2. The second-order valence-electron chi connectivity index (χ2n) is 8.17. The zero-order chi connectivity index (χ0) is 25.3. The molecule has 0 spiro atoms. The smallest absolute Gasteiger partial charge is 0.254 e. The Morgan fingerprint density at radius 3 is 2.41 bits per heavy atom. The van der Waals surface area contributed by atoms with E-state index in [1.807, 2.05) is 52.8 Å². The molecule has 1 aliphatic heterocycles. The van der Waals surface area contributed by atoms with Crippen LogP contribution in [0.4, 0.5) is 5.82 Å². The van der Waals surface area contributed by atoms with Crippen LogP contribution in [0.2, 0.25) is 0 Å². The number of pyridine rings is 2. The number of aliphatic hydroxyl groups is 1. The van der Waals surface area contributed by atoms with E-state index in [9.17, 15) is 9.90 Å². The van der Waals surface area contributed by atoms with Crippen molar-refractivity contribution in [2.75, 3.05) is 11.9 Å². The first-order chi connectivity index (χ1) is 16.4. The molecule has 6 heteroatoms. The first kappa shape index (κ1) is 27.4. The quantitative estimate of drug-likeness (QED) is 0.451. The number of carbonyl (C=O) groups is 1. The van der Waals surface area contributed by atoms with Crippen LogP contribution in [0.3, 0.4) is 0 Å². The Morgan fingerprint density at radius 1 is 1.21 bits per heavy atom. The van der Waals surface area contributed by atoms with Crippen molar-refractivity contribution in [3.05, 3.63) is 59.1 Å². The molecule has 6 nitrogen and oxygen atoms in total. The molecule has 0 aliphatic carbocycles. The number of fused-ring (bicyclic) bond motifs is 1. The molecule has 1 saturated heterocycles. The number of carbonyl (C=O) groups excluding carboxylic acids is 1. The summed E-state index contributed by atoms with van der Waals surface area (Å²) in [6.45, 7) is 14.8. The maximum atomic E-state index is 12.1. The van der Waals surface area contributed by atoms with E-state index >= 15 is 0 Å². The second kappa shape index (κ2) is 13.2. The van der Waals surface area contributed by atoms with Crippen LogP contribution >= 0.6 is 0 Å². The predicted octanol–water partition coefficient (Wildman–Crippen LogP) is 6.23. The van der Waals surface area contributed by atoms with Crippen LogP contribution in [0.15, 0.2) is 53.4 Å². The van der Waals surface area contributed by atoms with Crippen molar-refractivity contribution < 1.29 is 14.6 Å². The molecule has 1 aliphatic rings. The Balaban J connectivity index is 0.00000199. The Hall–Kier alpha value is -2.83. The van der Waals surface area contributed by atoms with Crippen molar-refractivity contribution in [3.63, 3.8) is 0 Å². The van der Waals surface area contributed by atoms with Gasteiger partial charge in [0.1, 0.15) is 11.9 Å². The molecule has 0 bridgehead atoms. The van der Waals surface area contributed by atoms with Crippen LogP contribution in [-0.2, 0) is 9.53 Å². The van der Waals surface area contributed by atoms with E-state index in [0.29, 0.717) is 18.8 Å². The number of amides is 1. The van der Waals surface area contributed by atoms with Gasteiger partial charge in [-0.1, -0.05) is 45.4 Å². The normalized spacial score (nSPS) is 17.8. The van der Waals surface area contributed by atoms with E-state index in [1.165, 1.54) is 5.57 Å². The summed E-state index contributed by atoms with van der Waals surface area (Å²) < 4.78 is 5.22. The molecule has 3 rings (SSSR count). The molecule has 0 aromatic carbocycles. The van der Waals surface area contributed by atoms with Gasteiger partial charge in [-0.3, -0.25) is 9.78 Å². The van der Waals surface area contributed by atoms with E-state index in [2.05, 4.69) is 35.2 Å². The second-order valence-corrected chi connectivity index (χ2v) is 8.17. The van der Waals surface area contributed by atoms with Crippen molar-refractivity contribution >= 4 is 28.1 Å². The Morgan fingerprint density at radius 2 is 1.85 bits per heavy atom. The first-order valence-electron chi connectivity index (χ1n) is 12.3. The topological polar surface area (TPSA) is 84.3 Å². The van der Waals surface area contributed by atoms with Gasteiger partial charge in [-0.25, -0.2) is 4.98 Å². The van der Waals surface area contributed by atoms with Crippen molar-refractivity contribution in [3.8, 4) is 0 Å². The van der Waals surface area contributed by atoms with Crippen LogP contribution in [0.5, 0.6) is 0 Å². The number of hydrogen-bond donors (Lipinski definition) is 2. The van der Waals surface area contributed by atoms with Gasteiger partial charge < -0.3 is 15.2 Å². The molecule has 1 amide bonds.